The summed E-state index contributed by atoms with van der Waals surface area (Å²) in [5, 5.41) is 0. The molecule has 0 bridgehead atoms. The number of benzene rings is 2. The molecule has 0 aliphatic heterocycles. The Balaban J connectivity index is 2.02. The van der Waals surface area contributed by atoms with Crippen molar-refractivity contribution >= 4 is 17.3 Å². The molecule has 21 heavy (non-hydrogen) atoms. The lowest BCUT2D eigenvalue weighted by Gasteiger charge is -2.18. The summed E-state index contributed by atoms with van der Waals surface area (Å²) in [5.41, 5.74) is 10.9. The first-order valence-corrected chi connectivity index (χ1v) is 7.15. The molecular weight excluding hydrogens is 260 g/mol. The molecule has 110 valence electrons. The summed E-state index contributed by atoms with van der Waals surface area (Å²) in [4.78, 5) is 14.0. The van der Waals surface area contributed by atoms with Gasteiger partial charge < -0.3 is 10.6 Å². The third kappa shape index (κ3) is 4.09. The van der Waals surface area contributed by atoms with Gasteiger partial charge in [-0.1, -0.05) is 18.2 Å². The summed E-state index contributed by atoms with van der Waals surface area (Å²) in [5.74, 6) is 0.113. The normalized spacial score (nSPS) is 10.4. The standard InChI is InChI=1S/C18H22N2O/c1-13-9-14(2)11-17(10-13)20(3)18(21)8-7-15-5-4-6-16(19)12-15/h4-6,9-12H,7-8,19H2,1-3H3. The Morgan fingerprint density at radius 2 is 1.76 bits per heavy atom. The number of aryl methyl sites for hydroxylation is 3. The molecule has 0 saturated carbocycles. The molecule has 2 N–H and O–H groups in total. The number of anilines is 2. The van der Waals surface area contributed by atoms with Crippen LogP contribution in [0, 0.1) is 13.8 Å². The van der Waals surface area contributed by atoms with Gasteiger partial charge in [0.15, 0.2) is 0 Å². The number of nitrogens with zero attached hydrogens (tertiary/aromatic N) is 1. The van der Waals surface area contributed by atoms with Crippen LogP contribution in [0.2, 0.25) is 0 Å². The smallest absolute Gasteiger partial charge is 0.227 e. The van der Waals surface area contributed by atoms with Crippen LogP contribution in [0.15, 0.2) is 42.5 Å². The minimum Gasteiger partial charge on any atom is -0.399 e. The van der Waals surface area contributed by atoms with Crippen LogP contribution in [-0.4, -0.2) is 13.0 Å². The number of amides is 1. The fourth-order valence-corrected chi connectivity index (χ4v) is 2.46. The molecule has 0 fully saturated rings. The lowest BCUT2D eigenvalue weighted by atomic mass is 10.1. The number of carbonyl (C=O) groups excluding carboxylic acids is 1. The molecule has 3 nitrogen and oxygen atoms in total. The van der Waals surface area contributed by atoms with Crippen LogP contribution in [0.4, 0.5) is 11.4 Å². The van der Waals surface area contributed by atoms with Crippen molar-refractivity contribution in [3.8, 4) is 0 Å². The van der Waals surface area contributed by atoms with Crippen LogP contribution < -0.4 is 10.6 Å². The van der Waals surface area contributed by atoms with E-state index in [4.69, 9.17) is 5.73 Å². The maximum atomic E-state index is 12.3. The second kappa shape index (κ2) is 6.44. The zero-order valence-electron chi connectivity index (χ0n) is 12.9. The molecule has 1 amide bonds. The Morgan fingerprint density at radius 3 is 2.38 bits per heavy atom. The second-order valence-electron chi connectivity index (χ2n) is 5.54. The van der Waals surface area contributed by atoms with E-state index in [1.54, 1.807) is 4.90 Å². The number of hydrogen-bond donors (Lipinski definition) is 1. The maximum Gasteiger partial charge on any atom is 0.227 e. The van der Waals surface area contributed by atoms with Crippen LogP contribution in [-0.2, 0) is 11.2 Å². The summed E-state index contributed by atoms with van der Waals surface area (Å²) in [6.45, 7) is 4.09. The highest BCUT2D eigenvalue weighted by atomic mass is 16.2. The molecule has 0 unspecified atom stereocenters. The van der Waals surface area contributed by atoms with E-state index in [-0.39, 0.29) is 5.91 Å². The molecule has 0 saturated heterocycles. The van der Waals surface area contributed by atoms with Crippen molar-refractivity contribution in [3.05, 3.63) is 59.2 Å². The van der Waals surface area contributed by atoms with E-state index < -0.39 is 0 Å². The predicted molar refractivity (Wildman–Crippen MR) is 88.5 cm³/mol. The van der Waals surface area contributed by atoms with Crippen LogP contribution >= 0.6 is 0 Å². The SMILES string of the molecule is Cc1cc(C)cc(N(C)C(=O)CCc2cccc(N)c2)c1. The van der Waals surface area contributed by atoms with Gasteiger partial charge in [-0.3, -0.25) is 4.79 Å². The van der Waals surface area contributed by atoms with Gasteiger partial charge in [-0.2, -0.15) is 0 Å². The molecule has 0 aliphatic rings. The summed E-state index contributed by atoms with van der Waals surface area (Å²) >= 11 is 0. The van der Waals surface area contributed by atoms with Gasteiger partial charge in [-0.15, -0.1) is 0 Å². The van der Waals surface area contributed by atoms with Gasteiger partial charge in [0.25, 0.3) is 0 Å². The molecule has 0 atom stereocenters. The number of hydrogen-bond acceptors (Lipinski definition) is 2. The van der Waals surface area contributed by atoms with Gasteiger partial charge in [0.05, 0.1) is 0 Å². The molecular formula is C18H22N2O. The van der Waals surface area contributed by atoms with Gasteiger partial charge >= 0.3 is 0 Å². The first-order chi connectivity index (χ1) is 9.95. The van der Waals surface area contributed by atoms with E-state index in [0.29, 0.717) is 12.8 Å². The number of nitrogen functional groups attached to an aromatic ring is 1. The zero-order valence-corrected chi connectivity index (χ0v) is 12.9. The van der Waals surface area contributed by atoms with Gasteiger partial charge in [0.2, 0.25) is 5.91 Å². The minimum atomic E-state index is 0.113. The van der Waals surface area contributed by atoms with E-state index >= 15 is 0 Å². The summed E-state index contributed by atoms with van der Waals surface area (Å²) in [6.07, 6.45) is 1.19. The number of carbonyl (C=O) groups is 1. The third-order valence-corrected chi connectivity index (χ3v) is 3.55. The van der Waals surface area contributed by atoms with Gasteiger partial charge in [-0.05, 0) is 61.2 Å². The Morgan fingerprint density at radius 1 is 1.10 bits per heavy atom. The molecule has 0 radical (unpaired) electrons. The molecule has 3 heteroatoms. The monoisotopic (exact) mass is 282 g/mol. The first-order valence-electron chi connectivity index (χ1n) is 7.15. The van der Waals surface area contributed by atoms with Crippen LogP contribution in [0.25, 0.3) is 0 Å². The molecule has 0 aliphatic carbocycles. The lowest BCUT2D eigenvalue weighted by Crippen LogP contribution is -2.26. The average Bonchev–Trinajstić information content (AvgIpc) is 2.43. The van der Waals surface area contributed by atoms with E-state index in [0.717, 1.165) is 16.9 Å². The van der Waals surface area contributed by atoms with E-state index in [2.05, 4.69) is 6.07 Å². The van der Waals surface area contributed by atoms with Crippen LogP contribution in [0.3, 0.4) is 0 Å². The maximum absolute atomic E-state index is 12.3. The van der Waals surface area contributed by atoms with E-state index in [9.17, 15) is 4.79 Å². The van der Waals surface area contributed by atoms with Crippen molar-refractivity contribution in [3.63, 3.8) is 0 Å². The van der Waals surface area contributed by atoms with E-state index in [1.807, 2.05) is 57.3 Å². The molecule has 0 aromatic heterocycles. The topological polar surface area (TPSA) is 46.3 Å². The largest absolute Gasteiger partial charge is 0.399 e. The Kier molecular flexibility index (Phi) is 4.63. The minimum absolute atomic E-state index is 0.113. The Hall–Kier alpha value is -2.29. The fraction of sp³-hybridized carbons (Fsp3) is 0.278. The predicted octanol–water partition coefficient (Wildman–Crippen LogP) is 3.48. The van der Waals surface area contributed by atoms with Crippen LogP contribution in [0.1, 0.15) is 23.1 Å². The van der Waals surface area contributed by atoms with Crippen LogP contribution in [0.5, 0.6) is 0 Å². The highest BCUT2D eigenvalue weighted by molar-refractivity contribution is 5.93. The highest BCUT2D eigenvalue weighted by Crippen LogP contribution is 2.19. The summed E-state index contributed by atoms with van der Waals surface area (Å²) in [6, 6.07) is 13.9. The van der Waals surface area contributed by atoms with Crippen molar-refractivity contribution in [1.29, 1.82) is 0 Å². The van der Waals surface area contributed by atoms with Gasteiger partial charge in [-0.25, -0.2) is 0 Å². The van der Waals surface area contributed by atoms with Crippen molar-refractivity contribution < 1.29 is 4.79 Å². The summed E-state index contributed by atoms with van der Waals surface area (Å²) in [7, 11) is 1.83. The summed E-state index contributed by atoms with van der Waals surface area (Å²) < 4.78 is 0. The van der Waals surface area contributed by atoms with Gasteiger partial charge in [0, 0.05) is 24.8 Å². The molecule has 2 rings (SSSR count). The first kappa shape index (κ1) is 15.1. The van der Waals surface area contributed by atoms with Crippen molar-refractivity contribution in [2.24, 2.45) is 0 Å². The van der Waals surface area contributed by atoms with Crippen molar-refractivity contribution in [2.75, 3.05) is 17.7 Å². The van der Waals surface area contributed by atoms with E-state index in [1.165, 1.54) is 11.1 Å². The lowest BCUT2D eigenvalue weighted by molar-refractivity contribution is -0.118. The highest BCUT2D eigenvalue weighted by Gasteiger charge is 2.11. The quantitative estimate of drug-likeness (QED) is 0.873. The average molecular weight is 282 g/mol. The molecule has 2 aromatic rings. The van der Waals surface area contributed by atoms with Crippen molar-refractivity contribution in [1.82, 2.24) is 0 Å². The van der Waals surface area contributed by atoms with Crippen molar-refractivity contribution in [2.45, 2.75) is 26.7 Å². The molecule has 0 spiro atoms. The Labute approximate surface area is 126 Å². The van der Waals surface area contributed by atoms with Gasteiger partial charge in [0.1, 0.15) is 0 Å². The third-order valence-electron chi connectivity index (χ3n) is 3.55. The number of rotatable bonds is 4. The molecule has 2 aromatic carbocycles. The fourth-order valence-electron chi connectivity index (χ4n) is 2.46. The molecule has 0 heterocycles. The zero-order chi connectivity index (χ0) is 15.4. The Bertz CT molecular complexity index is 629. The second-order valence-corrected chi connectivity index (χ2v) is 5.54. The number of nitrogens with two attached hydrogens (primary N) is 1.